The van der Waals surface area contributed by atoms with E-state index in [1.807, 2.05) is 0 Å². The molecule has 90 valence electrons. The van der Waals surface area contributed by atoms with Crippen LogP contribution in [0.25, 0.3) is 0 Å². The van der Waals surface area contributed by atoms with Gasteiger partial charge < -0.3 is 9.84 Å². The van der Waals surface area contributed by atoms with E-state index in [2.05, 4.69) is 16.7 Å². The largest absolute Gasteiger partial charge is 0.395 e. The highest BCUT2D eigenvalue weighted by Gasteiger charge is 2.15. The van der Waals surface area contributed by atoms with Crippen LogP contribution in [0.3, 0.4) is 0 Å². The molecule has 1 aliphatic heterocycles. The second kappa shape index (κ2) is 7.17. The molecule has 1 saturated heterocycles. The first-order valence-electron chi connectivity index (χ1n) is 5.84. The summed E-state index contributed by atoms with van der Waals surface area (Å²) in [5.41, 5.74) is 0. The summed E-state index contributed by atoms with van der Waals surface area (Å²) in [7, 11) is 1.76. The molecule has 0 aromatic heterocycles. The van der Waals surface area contributed by atoms with Gasteiger partial charge in [-0.25, -0.2) is 0 Å². The maximum atomic E-state index is 8.88. The molecule has 15 heavy (non-hydrogen) atoms. The zero-order valence-corrected chi connectivity index (χ0v) is 9.98. The van der Waals surface area contributed by atoms with Crippen molar-refractivity contribution in [2.24, 2.45) is 0 Å². The SMILES string of the molecule is COC(C)CN1CCCN(CCO)CC1. The van der Waals surface area contributed by atoms with Gasteiger partial charge in [-0.2, -0.15) is 0 Å². The number of methoxy groups -OCH3 is 1. The van der Waals surface area contributed by atoms with Crippen LogP contribution in [-0.4, -0.2) is 74.0 Å². The van der Waals surface area contributed by atoms with Crippen molar-refractivity contribution in [2.75, 3.05) is 53.0 Å². The summed E-state index contributed by atoms with van der Waals surface area (Å²) in [6.07, 6.45) is 1.51. The van der Waals surface area contributed by atoms with E-state index < -0.39 is 0 Å². The predicted octanol–water partition coefficient (Wildman–Crippen LogP) is 0.0213. The number of β-amino-alcohol motifs (C(OH)–C–C–N with tert-alkyl or cyclic N) is 1. The minimum absolute atomic E-state index is 0.272. The first-order valence-corrected chi connectivity index (χ1v) is 5.84. The molecule has 1 N–H and O–H groups in total. The van der Waals surface area contributed by atoms with E-state index in [-0.39, 0.29) is 6.61 Å². The summed E-state index contributed by atoms with van der Waals surface area (Å²) in [5, 5.41) is 8.88. The van der Waals surface area contributed by atoms with Crippen molar-refractivity contribution in [3.63, 3.8) is 0 Å². The molecule has 0 amide bonds. The number of hydrogen-bond donors (Lipinski definition) is 1. The first kappa shape index (κ1) is 12.9. The van der Waals surface area contributed by atoms with Gasteiger partial charge in [-0.15, -0.1) is 0 Å². The van der Waals surface area contributed by atoms with Crippen molar-refractivity contribution in [1.29, 1.82) is 0 Å². The highest BCUT2D eigenvalue weighted by molar-refractivity contribution is 4.71. The Morgan fingerprint density at radius 2 is 1.87 bits per heavy atom. The number of aliphatic hydroxyl groups excluding tert-OH is 1. The lowest BCUT2D eigenvalue weighted by Gasteiger charge is -2.23. The van der Waals surface area contributed by atoms with Gasteiger partial charge in [-0.05, 0) is 26.4 Å². The lowest BCUT2D eigenvalue weighted by Crippen LogP contribution is -2.36. The molecule has 1 atom stereocenters. The Morgan fingerprint density at radius 3 is 2.53 bits per heavy atom. The van der Waals surface area contributed by atoms with Gasteiger partial charge in [0, 0.05) is 33.3 Å². The highest BCUT2D eigenvalue weighted by atomic mass is 16.5. The topological polar surface area (TPSA) is 35.9 Å². The Labute approximate surface area is 92.8 Å². The summed E-state index contributed by atoms with van der Waals surface area (Å²) < 4.78 is 5.27. The Balaban J connectivity index is 2.26. The molecule has 4 heteroatoms. The Bertz CT molecular complexity index is 167. The minimum atomic E-state index is 0.272. The molecule has 0 aromatic rings. The van der Waals surface area contributed by atoms with Gasteiger partial charge in [0.2, 0.25) is 0 Å². The van der Waals surface area contributed by atoms with Crippen molar-refractivity contribution in [1.82, 2.24) is 9.80 Å². The van der Waals surface area contributed by atoms with Gasteiger partial charge in [-0.1, -0.05) is 0 Å². The van der Waals surface area contributed by atoms with E-state index in [1.165, 1.54) is 6.42 Å². The molecule has 0 aromatic carbocycles. The minimum Gasteiger partial charge on any atom is -0.395 e. The fraction of sp³-hybridized carbons (Fsp3) is 1.00. The third-order valence-electron chi connectivity index (χ3n) is 3.02. The van der Waals surface area contributed by atoms with Gasteiger partial charge >= 0.3 is 0 Å². The quantitative estimate of drug-likeness (QED) is 0.703. The van der Waals surface area contributed by atoms with E-state index in [9.17, 15) is 0 Å². The molecular weight excluding hydrogens is 192 g/mol. The lowest BCUT2D eigenvalue weighted by molar-refractivity contribution is 0.0779. The molecule has 1 heterocycles. The zero-order valence-electron chi connectivity index (χ0n) is 9.98. The molecular formula is C11H24N2O2. The molecule has 0 saturated carbocycles. The normalized spacial score (nSPS) is 22.6. The maximum Gasteiger partial charge on any atom is 0.0670 e. The van der Waals surface area contributed by atoms with Gasteiger partial charge in [0.05, 0.1) is 12.7 Å². The second-order valence-corrected chi connectivity index (χ2v) is 4.27. The fourth-order valence-electron chi connectivity index (χ4n) is 2.01. The van der Waals surface area contributed by atoms with Crippen LogP contribution in [0.4, 0.5) is 0 Å². The van der Waals surface area contributed by atoms with Crippen molar-refractivity contribution in [3.05, 3.63) is 0 Å². The molecule has 1 aliphatic rings. The van der Waals surface area contributed by atoms with Crippen LogP contribution in [-0.2, 0) is 4.74 Å². The third kappa shape index (κ3) is 4.93. The van der Waals surface area contributed by atoms with Crippen LogP contribution in [0, 0.1) is 0 Å². The fourth-order valence-corrected chi connectivity index (χ4v) is 2.01. The van der Waals surface area contributed by atoms with Crippen molar-refractivity contribution in [3.8, 4) is 0 Å². The zero-order chi connectivity index (χ0) is 11.1. The molecule has 0 radical (unpaired) electrons. The van der Waals surface area contributed by atoms with E-state index in [0.717, 1.165) is 39.3 Å². The van der Waals surface area contributed by atoms with Gasteiger partial charge in [0.15, 0.2) is 0 Å². The lowest BCUT2D eigenvalue weighted by atomic mass is 10.3. The molecule has 1 fully saturated rings. The van der Waals surface area contributed by atoms with E-state index in [0.29, 0.717) is 6.10 Å². The van der Waals surface area contributed by atoms with Crippen LogP contribution < -0.4 is 0 Å². The number of aliphatic hydroxyl groups is 1. The smallest absolute Gasteiger partial charge is 0.0670 e. The van der Waals surface area contributed by atoms with Crippen LogP contribution in [0.15, 0.2) is 0 Å². The average Bonchev–Trinajstić information content (AvgIpc) is 2.45. The monoisotopic (exact) mass is 216 g/mol. The van der Waals surface area contributed by atoms with Crippen molar-refractivity contribution >= 4 is 0 Å². The van der Waals surface area contributed by atoms with Crippen LogP contribution in [0.5, 0.6) is 0 Å². The third-order valence-corrected chi connectivity index (χ3v) is 3.02. The first-order chi connectivity index (χ1) is 7.26. The van der Waals surface area contributed by atoms with Gasteiger partial charge in [0.25, 0.3) is 0 Å². The molecule has 1 rings (SSSR count). The molecule has 0 aliphatic carbocycles. The van der Waals surface area contributed by atoms with E-state index in [4.69, 9.17) is 9.84 Å². The summed E-state index contributed by atoms with van der Waals surface area (Å²) >= 11 is 0. The van der Waals surface area contributed by atoms with Gasteiger partial charge in [-0.3, -0.25) is 9.80 Å². The van der Waals surface area contributed by atoms with E-state index >= 15 is 0 Å². The Morgan fingerprint density at radius 1 is 1.20 bits per heavy atom. The van der Waals surface area contributed by atoms with Crippen LogP contribution in [0.2, 0.25) is 0 Å². The predicted molar refractivity (Wildman–Crippen MR) is 61.1 cm³/mol. The number of hydrogen-bond acceptors (Lipinski definition) is 4. The molecule has 4 nitrogen and oxygen atoms in total. The number of rotatable bonds is 5. The summed E-state index contributed by atoms with van der Waals surface area (Å²) in [4.78, 5) is 4.78. The van der Waals surface area contributed by atoms with Crippen molar-refractivity contribution in [2.45, 2.75) is 19.4 Å². The van der Waals surface area contributed by atoms with Crippen LogP contribution in [0.1, 0.15) is 13.3 Å². The molecule has 1 unspecified atom stereocenters. The number of nitrogens with zero attached hydrogens (tertiary/aromatic N) is 2. The maximum absolute atomic E-state index is 8.88. The Hall–Kier alpha value is -0.160. The van der Waals surface area contributed by atoms with Gasteiger partial charge in [0.1, 0.15) is 0 Å². The van der Waals surface area contributed by atoms with Crippen LogP contribution >= 0.6 is 0 Å². The average molecular weight is 216 g/mol. The second-order valence-electron chi connectivity index (χ2n) is 4.27. The van der Waals surface area contributed by atoms with Crippen molar-refractivity contribution < 1.29 is 9.84 Å². The molecule has 0 bridgehead atoms. The highest BCUT2D eigenvalue weighted by Crippen LogP contribution is 2.04. The molecule has 0 spiro atoms. The Kier molecular flexibility index (Phi) is 6.17. The summed E-state index contributed by atoms with van der Waals surface area (Å²) in [6, 6.07) is 0. The summed E-state index contributed by atoms with van der Waals surface area (Å²) in [5.74, 6) is 0. The summed E-state index contributed by atoms with van der Waals surface area (Å²) in [6.45, 7) is 8.63. The standard InChI is InChI=1S/C11H24N2O2/c1-11(15-2)10-13-5-3-4-12(6-7-13)8-9-14/h11,14H,3-10H2,1-2H3. The van der Waals surface area contributed by atoms with E-state index in [1.54, 1.807) is 7.11 Å². The number of ether oxygens (including phenoxy) is 1.